The molecule has 0 unspecified atom stereocenters. The second-order valence-electron chi connectivity index (χ2n) is 3.82. The predicted molar refractivity (Wildman–Crippen MR) is 76.1 cm³/mol. The van der Waals surface area contributed by atoms with Gasteiger partial charge in [-0.3, -0.25) is 10.1 Å². The van der Waals surface area contributed by atoms with Crippen molar-refractivity contribution in [3.05, 3.63) is 44.5 Å². The number of rotatable bonds is 3. The maximum absolute atomic E-state index is 11.0. The van der Waals surface area contributed by atoms with Crippen LogP contribution in [0.2, 0.25) is 0 Å². The van der Waals surface area contributed by atoms with E-state index in [0.29, 0.717) is 22.9 Å². The zero-order valence-corrected chi connectivity index (χ0v) is 11.9. The molecule has 19 heavy (non-hydrogen) atoms. The van der Waals surface area contributed by atoms with E-state index in [1.165, 1.54) is 6.07 Å². The first-order chi connectivity index (χ1) is 9.04. The van der Waals surface area contributed by atoms with Gasteiger partial charge in [0.15, 0.2) is 5.82 Å². The highest BCUT2D eigenvalue weighted by Crippen LogP contribution is 2.30. The van der Waals surface area contributed by atoms with Crippen molar-refractivity contribution < 1.29 is 4.92 Å². The van der Waals surface area contributed by atoms with Crippen LogP contribution < -0.4 is 5.32 Å². The van der Waals surface area contributed by atoms with Crippen molar-refractivity contribution in [1.82, 2.24) is 9.97 Å². The highest BCUT2D eigenvalue weighted by atomic mass is 79.9. The molecule has 1 aromatic carbocycles. The van der Waals surface area contributed by atoms with Gasteiger partial charge in [-0.2, -0.15) is 0 Å². The van der Waals surface area contributed by atoms with Crippen LogP contribution in [0.5, 0.6) is 0 Å². The normalized spacial score (nSPS) is 10.3. The van der Waals surface area contributed by atoms with E-state index in [1.807, 2.05) is 6.92 Å². The van der Waals surface area contributed by atoms with E-state index in [-0.39, 0.29) is 5.69 Å². The number of anilines is 1. The Hall–Kier alpha value is -2.02. The van der Waals surface area contributed by atoms with Crippen molar-refractivity contribution in [2.75, 3.05) is 12.4 Å². The fraction of sp³-hybridized carbons (Fsp3) is 0.167. The molecule has 2 rings (SSSR count). The van der Waals surface area contributed by atoms with Crippen LogP contribution >= 0.6 is 15.9 Å². The Morgan fingerprint density at radius 3 is 2.63 bits per heavy atom. The molecule has 0 fully saturated rings. The zero-order valence-electron chi connectivity index (χ0n) is 10.3. The van der Waals surface area contributed by atoms with Gasteiger partial charge in [-0.05, 0) is 28.9 Å². The summed E-state index contributed by atoms with van der Waals surface area (Å²) in [5.41, 5.74) is 1.11. The molecule has 0 aliphatic carbocycles. The molecule has 0 atom stereocenters. The number of benzene rings is 1. The van der Waals surface area contributed by atoms with Crippen LogP contribution in [0.3, 0.4) is 0 Å². The van der Waals surface area contributed by atoms with Gasteiger partial charge in [0.2, 0.25) is 0 Å². The summed E-state index contributed by atoms with van der Waals surface area (Å²) in [5, 5.41) is 14.0. The number of nitro groups is 1. The van der Waals surface area contributed by atoms with Crippen molar-refractivity contribution in [2.45, 2.75) is 6.92 Å². The average molecular weight is 323 g/mol. The lowest BCUT2D eigenvalue weighted by Crippen LogP contribution is -2.02. The van der Waals surface area contributed by atoms with Crippen LogP contribution in [0.25, 0.3) is 11.4 Å². The first-order valence-electron chi connectivity index (χ1n) is 5.50. The molecule has 6 nitrogen and oxygen atoms in total. The minimum absolute atomic E-state index is 0.00808. The van der Waals surface area contributed by atoms with Gasteiger partial charge in [0.25, 0.3) is 5.69 Å². The van der Waals surface area contributed by atoms with Crippen LogP contribution in [0.15, 0.2) is 28.7 Å². The Kier molecular flexibility index (Phi) is 3.75. The van der Waals surface area contributed by atoms with Gasteiger partial charge in [-0.25, -0.2) is 9.97 Å². The van der Waals surface area contributed by atoms with Gasteiger partial charge in [-0.15, -0.1) is 0 Å². The Bertz CT molecular complexity index is 646. The molecule has 0 bridgehead atoms. The lowest BCUT2D eigenvalue weighted by Gasteiger charge is -2.08. The second kappa shape index (κ2) is 5.31. The average Bonchev–Trinajstić information content (AvgIpc) is 2.41. The topological polar surface area (TPSA) is 81.0 Å². The number of nitro benzene ring substituents is 1. The van der Waals surface area contributed by atoms with Gasteiger partial charge in [-0.1, -0.05) is 12.1 Å². The third-order valence-electron chi connectivity index (χ3n) is 2.60. The minimum Gasteiger partial charge on any atom is -0.372 e. The van der Waals surface area contributed by atoms with E-state index in [1.54, 1.807) is 25.2 Å². The third-order valence-corrected chi connectivity index (χ3v) is 3.54. The Morgan fingerprint density at radius 1 is 1.32 bits per heavy atom. The van der Waals surface area contributed by atoms with Gasteiger partial charge in [0, 0.05) is 13.1 Å². The molecule has 0 aliphatic rings. The lowest BCUT2D eigenvalue weighted by molar-refractivity contribution is -0.384. The summed E-state index contributed by atoms with van der Waals surface area (Å²) in [6, 6.07) is 6.42. The van der Waals surface area contributed by atoms with E-state index in [2.05, 4.69) is 31.2 Å². The lowest BCUT2D eigenvalue weighted by atomic mass is 10.1. The van der Waals surface area contributed by atoms with Gasteiger partial charge in [0.1, 0.15) is 5.82 Å². The molecule has 1 heterocycles. The van der Waals surface area contributed by atoms with Gasteiger partial charge < -0.3 is 5.32 Å². The number of aromatic nitrogens is 2. The smallest absolute Gasteiger partial charge is 0.280 e. The molecular formula is C12H11BrN4O2. The summed E-state index contributed by atoms with van der Waals surface area (Å²) >= 11 is 3.37. The summed E-state index contributed by atoms with van der Waals surface area (Å²) < 4.78 is 0.748. The van der Waals surface area contributed by atoms with E-state index >= 15 is 0 Å². The number of halogens is 1. The fourth-order valence-electron chi connectivity index (χ4n) is 1.67. The number of hydrogen-bond donors (Lipinski definition) is 1. The molecule has 0 aliphatic heterocycles. The molecular weight excluding hydrogens is 312 g/mol. The highest BCUT2D eigenvalue weighted by Gasteiger charge is 2.18. The van der Waals surface area contributed by atoms with Crippen LogP contribution in [-0.2, 0) is 0 Å². The molecule has 7 heteroatoms. The van der Waals surface area contributed by atoms with Crippen LogP contribution in [0.1, 0.15) is 5.69 Å². The summed E-state index contributed by atoms with van der Waals surface area (Å²) in [4.78, 5) is 19.2. The molecule has 0 spiro atoms. The van der Waals surface area contributed by atoms with Crippen molar-refractivity contribution in [3.63, 3.8) is 0 Å². The summed E-state index contributed by atoms with van der Waals surface area (Å²) in [7, 11) is 1.73. The predicted octanol–water partition coefficient (Wildman–Crippen LogP) is 3.16. The van der Waals surface area contributed by atoms with Crippen molar-refractivity contribution in [3.8, 4) is 11.4 Å². The van der Waals surface area contributed by atoms with E-state index in [4.69, 9.17) is 0 Å². The van der Waals surface area contributed by atoms with Crippen LogP contribution in [0, 0.1) is 17.0 Å². The standard InChI is InChI=1S/C12H11BrN4O2/c1-7-10(13)12(14-2)16-11(15-7)8-5-3-4-6-9(8)17(18)19/h3-6H,1-2H3,(H,14,15,16). The Balaban J connectivity index is 2.66. The number of hydrogen-bond acceptors (Lipinski definition) is 5. The number of nitrogens with zero attached hydrogens (tertiary/aromatic N) is 3. The fourth-order valence-corrected chi connectivity index (χ4v) is 2.04. The van der Waals surface area contributed by atoms with Crippen molar-refractivity contribution in [2.24, 2.45) is 0 Å². The molecule has 1 N–H and O–H groups in total. The van der Waals surface area contributed by atoms with E-state index in [0.717, 1.165) is 4.47 Å². The highest BCUT2D eigenvalue weighted by molar-refractivity contribution is 9.10. The van der Waals surface area contributed by atoms with Crippen molar-refractivity contribution >= 4 is 27.4 Å². The monoisotopic (exact) mass is 322 g/mol. The molecule has 2 aromatic rings. The quantitative estimate of drug-likeness (QED) is 0.693. The van der Waals surface area contributed by atoms with E-state index in [9.17, 15) is 10.1 Å². The van der Waals surface area contributed by atoms with Gasteiger partial charge >= 0.3 is 0 Å². The maximum Gasteiger partial charge on any atom is 0.280 e. The molecule has 98 valence electrons. The summed E-state index contributed by atoms with van der Waals surface area (Å²) in [5.74, 6) is 0.929. The van der Waals surface area contributed by atoms with Gasteiger partial charge in [0.05, 0.1) is 20.7 Å². The maximum atomic E-state index is 11.0. The number of aryl methyl sites for hydroxylation is 1. The Labute approximate surface area is 118 Å². The first kappa shape index (κ1) is 13.4. The molecule has 0 saturated heterocycles. The zero-order chi connectivity index (χ0) is 14.0. The molecule has 0 radical (unpaired) electrons. The molecule has 0 saturated carbocycles. The minimum atomic E-state index is -0.435. The van der Waals surface area contributed by atoms with Crippen LogP contribution in [0.4, 0.5) is 11.5 Å². The molecule has 1 aromatic heterocycles. The molecule has 0 amide bonds. The Morgan fingerprint density at radius 2 is 2.00 bits per heavy atom. The summed E-state index contributed by atoms with van der Waals surface area (Å²) in [6.45, 7) is 1.81. The second-order valence-corrected chi connectivity index (χ2v) is 4.61. The summed E-state index contributed by atoms with van der Waals surface area (Å²) in [6.07, 6.45) is 0. The largest absolute Gasteiger partial charge is 0.372 e. The van der Waals surface area contributed by atoms with E-state index < -0.39 is 4.92 Å². The van der Waals surface area contributed by atoms with Crippen molar-refractivity contribution in [1.29, 1.82) is 0 Å². The third kappa shape index (κ3) is 2.55. The first-order valence-corrected chi connectivity index (χ1v) is 6.29. The number of nitrogens with one attached hydrogen (secondary N) is 1. The SMILES string of the molecule is CNc1nc(-c2ccccc2[N+](=O)[O-])nc(C)c1Br. The number of para-hydroxylation sites is 1. The van der Waals surface area contributed by atoms with Crippen LogP contribution in [-0.4, -0.2) is 21.9 Å².